The van der Waals surface area contributed by atoms with Gasteiger partial charge in [0.1, 0.15) is 0 Å². The smallest absolute Gasteiger partial charge is 0.0367 e. The monoisotopic (exact) mass is 138 g/mol. The first-order chi connectivity index (χ1) is 4.79. The van der Waals surface area contributed by atoms with Crippen molar-refractivity contribution in [2.24, 2.45) is 0 Å². The number of hydrogen-bond donors (Lipinski definition) is 0. The molecule has 1 rings (SSSR count). The molecule has 0 amide bonds. The topological polar surface area (TPSA) is 6.48 Å². The van der Waals surface area contributed by atoms with Crippen LogP contribution in [-0.2, 0) is 0 Å². The number of likely N-dealkylation sites (N-methyl/N-ethyl adjacent to an activating group) is 2. The standard InChI is InChI=1S/C8H14N2/c1-9-5-3-7-10(2)8-4-6-9/h3-5,8H,6-7H2,1-2H3. The molecular weight excluding hydrogens is 124 g/mol. The summed E-state index contributed by atoms with van der Waals surface area (Å²) in [5, 5.41) is 0. The highest BCUT2D eigenvalue weighted by atomic mass is 15.1. The van der Waals surface area contributed by atoms with E-state index in [-0.39, 0.29) is 0 Å². The highest BCUT2D eigenvalue weighted by molar-refractivity contribution is 4.94. The molecule has 0 saturated heterocycles. The molecule has 0 radical (unpaired) electrons. The number of nitrogens with zero attached hydrogens (tertiary/aromatic N) is 2. The van der Waals surface area contributed by atoms with Gasteiger partial charge < -0.3 is 9.80 Å². The Kier molecular flexibility index (Phi) is 2.37. The summed E-state index contributed by atoms with van der Waals surface area (Å²) < 4.78 is 0. The van der Waals surface area contributed by atoms with Crippen LogP contribution in [0.3, 0.4) is 0 Å². The molecule has 0 spiro atoms. The molecular formula is C8H14N2. The molecule has 2 heteroatoms. The molecule has 0 fully saturated rings. The molecule has 0 bridgehead atoms. The lowest BCUT2D eigenvalue weighted by atomic mass is 10.4. The van der Waals surface area contributed by atoms with Gasteiger partial charge in [-0.25, -0.2) is 0 Å². The molecule has 0 aromatic rings. The minimum absolute atomic E-state index is 1.00. The minimum Gasteiger partial charge on any atom is -0.377 e. The van der Waals surface area contributed by atoms with Gasteiger partial charge in [-0.3, -0.25) is 0 Å². The van der Waals surface area contributed by atoms with Gasteiger partial charge >= 0.3 is 0 Å². The van der Waals surface area contributed by atoms with Crippen LogP contribution < -0.4 is 0 Å². The normalized spacial score (nSPS) is 19.0. The Hall–Kier alpha value is -0.920. The first-order valence-corrected chi connectivity index (χ1v) is 3.53. The first-order valence-electron chi connectivity index (χ1n) is 3.53. The summed E-state index contributed by atoms with van der Waals surface area (Å²) >= 11 is 0. The van der Waals surface area contributed by atoms with Gasteiger partial charge in [-0.1, -0.05) is 0 Å². The van der Waals surface area contributed by atoms with Crippen molar-refractivity contribution >= 4 is 0 Å². The van der Waals surface area contributed by atoms with Crippen LogP contribution in [0.1, 0.15) is 0 Å². The van der Waals surface area contributed by atoms with Crippen molar-refractivity contribution in [3.8, 4) is 0 Å². The zero-order valence-corrected chi connectivity index (χ0v) is 6.62. The van der Waals surface area contributed by atoms with Crippen LogP contribution in [0.15, 0.2) is 24.6 Å². The predicted molar refractivity (Wildman–Crippen MR) is 43.5 cm³/mol. The van der Waals surface area contributed by atoms with E-state index in [1.54, 1.807) is 0 Å². The van der Waals surface area contributed by atoms with Gasteiger partial charge in [0.25, 0.3) is 0 Å². The fourth-order valence-corrected chi connectivity index (χ4v) is 0.908. The molecule has 0 aliphatic carbocycles. The Labute approximate surface area is 62.4 Å². The highest BCUT2D eigenvalue weighted by Crippen LogP contribution is 1.93. The van der Waals surface area contributed by atoms with E-state index in [1.165, 1.54) is 0 Å². The Morgan fingerprint density at radius 2 is 1.30 bits per heavy atom. The molecule has 1 aliphatic heterocycles. The molecule has 0 atom stereocenters. The molecule has 10 heavy (non-hydrogen) atoms. The van der Waals surface area contributed by atoms with Gasteiger partial charge in [-0.2, -0.15) is 0 Å². The van der Waals surface area contributed by atoms with Crippen molar-refractivity contribution in [3.05, 3.63) is 24.6 Å². The van der Waals surface area contributed by atoms with Gasteiger partial charge in [0.15, 0.2) is 0 Å². The van der Waals surface area contributed by atoms with E-state index in [0.29, 0.717) is 0 Å². The van der Waals surface area contributed by atoms with Crippen molar-refractivity contribution in [2.75, 3.05) is 27.2 Å². The summed E-state index contributed by atoms with van der Waals surface area (Å²) in [6.07, 6.45) is 8.53. The van der Waals surface area contributed by atoms with Crippen LogP contribution in [0.4, 0.5) is 0 Å². The molecule has 1 heterocycles. The third-order valence-corrected chi connectivity index (χ3v) is 1.51. The fraction of sp³-hybridized carbons (Fsp3) is 0.500. The molecule has 2 nitrogen and oxygen atoms in total. The van der Waals surface area contributed by atoms with Crippen molar-refractivity contribution in [3.63, 3.8) is 0 Å². The van der Waals surface area contributed by atoms with Gasteiger partial charge in [0, 0.05) is 27.2 Å². The zero-order valence-electron chi connectivity index (χ0n) is 6.62. The summed E-state index contributed by atoms with van der Waals surface area (Å²) in [5.74, 6) is 0. The highest BCUT2D eigenvalue weighted by Gasteiger charge is 1.92. The average molecular weight is 138 g/mol. The predicted octanol–water partition coefficient (Wildman–Crippen LogP) is 0.891. The Morgan fingerprint density at radius 3 is 1.70 bits per heavy atom. The van der Waals surface area contributed by atoms with E-state index < -0.39 is 0 Å². The Morgan fingerprint density at radius 1 is 0.900 bits per heavy atom. The largest absolute Gasteiger partial charge is 0.377 e. The van der Waals surface area contributed by atoms with E-state index in [4.69, 9.17) is 0 Å². The second-order valence-electron chi connectivity index (χ2n) is 2.65. The van der Waals surface area contributed by atoms with E-state index in [1.807, 2.05) is 0 Å². The van der Waals surface area contributed by atoms with E-state index in [2.05, 4.69) is 48.4 Å². The van der Waals surface area contributed by atoms with Crippen LogP contribution in [0.2, 0.25) is 0 Å². The second-order valence-corrected chi connectivity index (χ2v) is 2.65. The summed E-state index contributed by atoms with van der Waals surface area (Å²) in [4.78, 5) is 4.31. The lowest BCUT2D eigenvalue weighted by Crippen LogP contribution is -2.17. The van der Waals surface area contributed by atoms with E-state index >= 15 is 0 Å². The maximum absolute atomic E-state index is 2.16. The fourth-order valence-electron chi connectivity index (χ4n) is 0.908. The van der Waals surface area contributed by atoms with Crippen LogP contribution >= 0.6 is 0 Å². The molecule has 0 aromatic carbocycles. The van der Waals surface area contributed by atoms with Gasteiger partial charge in [0.2, 0.25) is 0 Å². The van der Waals surface area contributed by atoms with Crippen LogP contribution in [0.5, 0.6) is 0 Å². The second kappa shape index (κ2) is 3.30. The van der Waals surface area contributed by atoms with Crippen LogP contribution in [0.25, 0.3) is 0 Å². The SMILES string of the molecule is CN1C=CCN(C)C=CC1. The maximum Gasteiger partial charge on any atom is 0.0367 e. The quantitative estimate of drug-likeness (QED) is 0.490. The van der Waals surface area contributed by atoms with Crippen LogP contribution in [0, 0.1) is 0 Å². The van der Waals surface area contributed by atoms with Gasteiger partial charge in [0.05, 0.1) is 0 Å². The third kappa shape index (κ3) is 2.13. The van der Waals surface area contributed by atoms with Crippen LogP contribution in [-0.4, -0.2) is 37.0 Å². The van der Waals surface area contributed by atoms with Crippen molar-refractivity contribution in [1.29, 1.82) is 0 Å². The van der Waals surface area contributed by atoms with Crippen molar-refractivity contribution in [2.45, 2.75) is 0 Å². The number of hydrogen-bond acceptors (Lipinski definition) is 2. The van der Waals surface area contributed by atoms with E-state index in [0.717, 1.165) is 13.1 Å². The zero-order chi connectivity index (χ0) is 7.40. The van der Waals surface area contributed by atoms with Crippen molar-refractivity contribution < 1.29 is 0 Å². The lowest BCUT2D eigenvalue weighted by Gasteiger charge is -2.17. The average Bonchev–Trinajstić information content (AvgIpc) is 1.84. The third-order valence-electron chi connectivity index (χ3n) is 1.51. The Balaban J connectivity index is 2.48. The summed E-state index contributed by atoms with van der Waals surface area (Å²) in [7, 11) is 4.15. The van der Waals surface area contributed by atoms with Gasteiger partial charge in [-0.15, -0.1) is 0 Å². The van der Waals surface area contributed by atoms with E-state index in [9.17, 15) is 0 Å². The Bertz CT molecular complexity index is 131. The number of rotatable bonds is 0. The molecule has 0 saturated carbocycles. The minimum atomic E-state index is 1.00. The molecule has 1 aliphatic rings. The summed E-state index contributed by atoms with van der Waals surface area (Å²) in [5.41, 5.74) is 0. The molecule has 0 aromatic heterocycles. The maximum atomic E-state index is 2.16. The summed E-state index contributed by atoms with van der Waals surface area (Å²) in [6, 6.07) is 0. The van der Waals surface area contributed by atoms with Gasteiger partial charge in [-0.05, 0) is 24.6 Å². The van der Waals surface area contributed by atoms with Crippen molar-refractivity contribution in [1.82, 2.24) is 9.80 Å². The summed E-state index contributed by atoms with van der Waals surface area (Å²) in [6.45, 7) is 2.00. The lowest BCUT2D eigenvalue weighted by molar-refractivity contribution is 0.459. The molecule has 56 valence electrons. The molecule has 0 unspecified atom stereocenters. The molecule has 0 N–H and O–H groups in total. The first kappa shape index (κ1) is 7.19.